The topological polar surface area (TPSA) is 29.5 Å². The van der Waals surface area contributed by atoms with Gasteiger partial charge in [-0.05, 0) is 24.1 Å². The average Bonchev–Trinajstić information content (AvgIpc) is 2.72. The number of hydrogen-bond donors (Lipinski definition) is 0. The molecule has 2 rings (SSSR count). The summed E-state index contributed by atoms with van der Waals surface area (Å²) in [7, 11) is 1.37. The Labute approximate surface area is 93.8 Å². The summed E-state index contributed by atoms with van der Waals surface area (Å²) in [5.41, 5.74) is 2.53. The van der Waals surface area contributed by atoms with E-state index in [1.165, 1.54) is 7.11 Å². The lowest BCUT2D eigenvalue weighted by Crippen LogP contribution is -2.22. The number of nitrogens with zero attached hydrogens (tertiary/aromatic N) is 1. The van der Waals surface area contributed by atoms with Crippen LogP contribution in [-0.2, 0) is 11.2 Å². The van der Waals surface area contributed by atoms with Crippen LogP contribution in [0.1, 0.15) is 15.9 Å². The van der Waals surface area contributed by atoms with Crippen LogP contribution in [0.4, 0.5) is 10.1 Å². The Morgan fingerprint density at radius 3 is 3.06 bits per heavy atom. The van der Waals surface area contributed by atoms with Gasteiger partial charge in [0.05, 0.1) is 12.7 Å². The third kappa shape index (κ3) is 1.75. The predicted molar refractivity (Wildman–Crippen MR) is 59.7 cm³/mol. The van der Waals surface area contributed by atoms with Crippen LogP contribution in [0.5, 0.6) is 0 Å². The van der Waals surface area contributed by atoms with Gasteiger partial charge >= 0.3 is 5.97 Å². The Kier molecular flexibility index (Phi) is 3.08. The van der Waals surface area contributed by atoms with E-state index in [0.717, 1.165) is 24.2 Å². The highest BCUT2D eigenvalue weighted by Gasteiger charge is 2.23. The summed E-state index contributed by atoms with van der Waals surface area (Å²) in [5.74, 6) is -0.320. The lowest BCUT2D eigenvalue weighted by Gasteiger charge is -2.17. The number of benzene rings is 1. The number of anilines is 1. The summed E-state index contributed by atoms with van der Waals surface area (Å²) < 4.78 is 17.1. The van der Waals surface area contributed by atoms with Crippen molar-refractivity contribution in [2.24, 2.45) is 0 Å². The molecular weight excluding hydrogens is 209 g/mol. The minimum absolute atomic E-state index is 0.320. The van der Waals surface area contributed by atoms with Crippen molar-refractivity contribution in [3.05, 3.63) is 29.3 Å². The molecule has 0 spiro atoms. The molecule has 0 fully saturated rings. The SMILES string of the molecule is COC(=O)c1cccc2c1CCN2CCF. The summed E-state index contributed by atoms with van der Waals surface area (Å²) >= 11 is 0. The zero-order valence-electron chi connectivity index (χ0n) is 9.20. The molecule has 86 valence electrons. The van der Waals surface area contributed by atoms with Gasteiger partial charge in [0, 0.05) is 18.8 Å². The largest absolute Gasteiger partial charge is 0.465 e. The fourth-order valence-electron chi connectivity index (χ4n) is 2.14. The standard InChI is InChI=1S/C12H14FNO2/c1-16-12(15)10-3-2-4-11-9(10)5-7-14(11)8-6-13/h2-4H,5-8H2,1H3. The minimum Gasteiger partial charge on any atom is -0.465 e. The Hall–Kier alpha value is -1.58. The van der Waals surface area contributed by atoms with Crippen LogP contribution >= 0.6 is 0 Å². The molecule has 0 unspecified atom stereocenters. The van der Waals surface area contributed by atoms with E-state index in [9.17, 15) is 9.18 Å². The molecule has 4 heteroatoms. The molecule has 0 aromatic heterocycles. The predicted octanol–water partition coefficient (Wildman–Crippen LogP) is 1.81. The Morgan fingerprint density at radius 2 is 2.38 bits per heavy atom. The number of carbonyl (C=O) groups excluding carboxylic acids is 1. The molecule has 1 aliphatic rings. The van der Waals surface area contributed by atoms with Gasteiger partial charge in [-0.2, -0.15) is 0 Å². The summed E-state index contributed by atoms with van der Waals surface area (Å²) in [6.45, 7) is 0.785. The fourth-order valence-corrected chi connectivity index (χ4v) is 2.14. The molecule has 0 radical (unpaired) electrons. The molecule has 0 N–H and O–H groups in total. The minimum atomic E-state index is -0.373. The van der Waals surface area contributed by atoms with Gasteiger partial charge in [0.15, 0.2) is 0 Å². The number of fused-ring (bicyclic) bond motifs is 1. The van der Waals surface area contributed by atoms with Crippen molar-refractivity contribution < 1.29 is 13.9 Å². The maximum absolute atomic E-state index is 12.3. The van der Waals surface area contributed by atoms with Crippen molar-refractivity contribution in [1.82, 2.24) is 0 Å². The number of alkyl halides is 1. The van der Waals surface area contributed by atoms with E-state index in [0.29, 0.717) is 12.1 Å². The van der Waals surface area contributed by atoms with Crippen LogP contribution in [0.2, 0.25) is 0 Å². The summed E-state index contributed by atoms with van der Waals surface area (Å²) in [6.07, 6.45) is 0.778. The molecule has 1 heterocycles. The second-order valence-electron chi connectivity index (χ2n) is 3.72. The summed E-state index contributed by atoms with van der Waals surface area (Å²) in [6, 6.07) is 5.48. The van der Waals surface area contributed by atoms with E-state index in [4.69, 9.17) is 4.74 Å². The van der Waals surface area contributed by atoms with E-state index in [1.807, 2.05) is 17.0 Å². The van der Waals surface area contributed by atoms with Gasteiger partial charge in [-0.3, -0.25) is 0 Å². The molecule has 1 aliphatic heterocycles. The molecule has 0 amide bonds. The highest BCUT2D eigenvalue weighted by Crippen LogP contribution is 2.30. The lowest BCUT2D eigenvalue weighted by molar-refractivity contribution is 0.0600. The Bertz CT molecular complexity index is 406. The van der Waals surface area contributed by atoms with Crippen molar-refractivity contribution in [1.29, 1.82) is 0 Å². The quantitative estimate of drug-likeness (QED) is 0.732. The van der Waals surface area contributed by atoms with Crippen LogP contribution in [0.25, 0.3) is 0 Å². The fraction of sp³-hybridized carbons (Fsp3) is 0.417. The van der Waals surface area contributed by atoms with Crippen LogP contribution in [-0.4, -0.2) is 32.8 Å². The number of rotatable bonds is 3. The molecule has 1 aromatic rings. The highest BCUT2D eigenvalue weighted by atomic mass is 19.1. The number of methoxy groups -OCH3 is 1. The van der Waals surface area contributed by atoms with Gasteiger partial charge in [-0.1, -0.05) is 6.07 Å². The third-order valence-electron chi connectivity index (χ3n) is 2.88. The molecule has 0 saturated heterocycles. The zero-order chi connectivity index (χ0) is 11.5. The first kappa shape index (κ1) is 10.9. The van der Waals surface area contributed by atoms with Crippen molar-refractivity contribution in [2.45, 2.75) is 6.42 Å². The smallest absolute Gasteiger partial charge is 0.338 e. The molecule has 0 bridgehead atoms. The molecular formula is C12H14FNO2. The Balaban J connectivity index is 2.36. The zero-order valence-corrected chi connectivity index (χ0v) is 9.20. The van der Waals surface area contributed by atoms with Crippen molar-refractivity contribution in [3.8, 4) is 0 Å². The molecule has 1 aromatic carbocycles. The summed E-state index contributed by atoms with van der Waals surface area (Å²) in [5, 5.41) is 0. The lowest BCUT2D eigenvalue weighted by atomic mass is 10.1. The van der Waals surface area contributed by atoms with E-state index < -0.39 is 0 Å². The number of carbonyl (C=O) groups is 1. The van der Waals surface area contributed by atoms with Gasteiger partial charge in [0.2, 0.25) is 0 Å². The first-order valence-corrected chi connectivity index (χ1v) is 5.29. The Morgan fingerprint density at radius 1 is 1.56 bits per heavy atom. The first-order valence-electron chi connectivity index (χ1n) is 5.29. The summed E-state index contributed by atoms with van der Waals surface area (Å²) in [4.78, 5) is 13.5. The average molecular weight is 223 g/mol. The normalized spacial score (nSPS) is 13.8. The number of ether oxygens (including phenoxy) is 1. The van der Waals surface area contributed by atoms with Crippen LogP contribution in [0.15, 0.2) is 18.2 Å². The second-order valence-corrected chi connectivity index (χ2v) is 3.72. The van der Waals surface area contributed by atoms with E-state index in [-0.39, 0.29) is 12.6 Å². The van der Waals surface area contributed by atoms with Gasteiger partial charge in [0.1, 0.15) is 6.67 Å². The maximum atomic E-state index is 12.3. The van der Waals surface area contributed by atoms with Gasteiger partial charge in [-0.15, -0.1) is 0 Å². The first-order chi connectivity index (χ1) is 7.77. The highest BCUT2D eigenvalue weighted by molar-refractivity contribution is 5.93. The molecule has 0 saturated carbocycles. The number of esters is 1. The monoisotopic (exact) mass is 223 g/mol. The van der Waals surface area contributed by atoms with Crippen LogP contribution in [0.3, 0.4) is 0 Å². The van der Waals surface area contributed by atoms with Gasteiger partial charge < -0.3 is 9.64 Å². The van der Waals surface area contributed by atoms with Crippen LogP contribution < -0.4 is 4.90 Å². The van der Waals surface area contributed by atoms with Crippen molar-refractivity contribution in [2.75, 3.05) is 31.8 Å². The molecule has 0 atom stereocenters. The van der Waals surface area contributed by atoms with Crippen LogP contribution in [0, 0.1) is 0 Å². The van der Waals surface area contributed by atoms with E-state index in [1.54, 1.807) is 6.07 Å². The number of hydrogen-bond acceptors (Lipinski definition) is 3. The second kappa shape index (κ2) is 4.51. The van der Waals surface area contributed by atoms with Crippen molar-refractivity contribution in [3.63, 3.8) is 0 Å². The number of halogens is 1. The van der Waals surface area contributed by atoms with Crippen molar-refractivity contribution >= 4 is 11.7 Å². The van der Waals surface area contributed by atoms with E-state index in [2.05, 4.69) is 0 Å². The molecule has 3 nitrogen and oxygen atoms in total. The third-order valence-corrected chi connectivity index (χ3v) is 2.88. The molecule has 16 heavy (non-hydrogen) atoms. The molecule has 0 aliphatic carbocycles. The van der Waals surface area contributed by atoms with Gasteiger partial charge in [-0.25, -0.2) is 9.18 Å². The van der Waals surface area contributed by atoms with E-state index >= 15 is 0 Å². The maximum Gasteiger partial charge on any atom is 0.338 e. The van der Waals surface area contributed by atoms with Gasteiger partial charge in [0.25, 0.3) is 0 Å².